The molecule has 0 amide bonds. The van der Waals surface area contributed by atoms with Crippen LogP contribution in [0.1, 0.15) is 18.4 Å². The molecule has 4 rings (SSSR count). The molecule has 0 aliphatic carbocycles. The third kappa shape index (κ3) is 2.47. The van der Waals surface area contributed by atoms with Crippen LogP contribution in [0, 0.1) is 0 Å². The van der Waals surface area contributed by atoms with E-state index in [0.717, 1.165) is 48.1 Å². The van der Waals surface area contributed by atoms with Crippen molar-refractivity contribution in [2.24, 2.45) is 0 Å². The van der Waals surface area contributed by atoms with Crippen molar-refractivity contribution >= 4 is 22.9 Å². The molecule has 2 N–H and O–H groups in total. The van der Waals surface area contributed by atoms with Crippen molar-refractivity contribution in [1.29, 1.82) is 0 Å². The first-order valence-electron chi connectivity index (χ1n) is 7.77. The first kappa shape index (κ1) is 13.4. The SMILES string of the molecule is FC1CCN(c2ccc3c(c2)NCc2cccnc2N3)CC1. The second-order valence-electron chi connectivity index (χ2n) is 5.88. The zero-order valence-electron chi connectivity index (χ0n) is 12.3. The van der Waals surface area contributed by atoms with Gasteiger partial charge in [0.15, 0.2) is 0 Å². The van der Waals surface area contributed by atoms with Crippen LogP contribution in [0.3, 0.4) is 0 Å². The second kappa shape index (κ2) is 5.48. The standard InChI is InChI=1S/C17H19FN4/c18-13-5-8-22(9-6-13)14-3-4-15-16(10-14)20-11-12-2-1-7-19-17(12)21-15/h1-4,7,10,13,20H,5-6,8-9,11H2,(H,19,21). The maximum atomic E-state index is 13.3. The Kier molecular flexibility index (Phi) is 3.33. The number of anilines is 4. The van der Waals surface area contributed by atoms with Crippen LogP contribution in [0.25, 0.3) is 0 Å². The van der Waals surface area contributed by atoms with Crippen LogP contribution in [0.5, 0.6) is 0 Å². The molecule has 2 aliphatic heterocycles. The Bertz CT molecular complexity index is 680. The second-order valence-corrected chi connectivity index (χ2v) is 5.88. The maximum Gasteiger partial charge on any atom is 0.135 e. The number of benzene rings is 1. The molecule has 1 saturated heterocycles. The van der Waals surface area contributed by atoms with Gasteiger partial charge in [-0.15, -0.1) is 0 Å². The largest absolute Gasteiger partial charge is 0.379 e. The van der Waals surface area contributed by atoms with Gasteiger partial charge in [-0.25, -0.2) is 9.37 Å². The first-order chi connectivity index (χ1) is 10.8. The lowest BCUT2D eigenvalue weighted by atomic mass is 10.1. The fourth-order valence-electron chi connectivity index (χ4n) is 3.10. The number of halogens is 1. The van der Waals surface area contributed by atoms with Gasteiger partial charge in [-0.05, 0) is 37.1 Å². The highest BCUT2D eigenvalue weighted by Crippen LogP contribution is 2.34. The topological polar surface area (TPSA) is 40.2 Å². The monoisotopic (exact) mass is 298 g/mol. The van der Waals surface area contributed by atoms with Crippen LogP contribution in [-0.4, -0.2) is 24.2 Å². The molecular formula is C17H19FN4. The molecule has 22 heavy (non-hydrogen) atoms. The lowest BCUT2D eigenvalue weighted by Crippen LogP contribution is -2.34. The predicted molar refractivity (Wildman–Crippen MR) is 87.6 cm³/mol. The summed E-state index contributed by atoms with van der Waals surface area (Å²) in [6.45, 7) is 2.32. The molecule has 2 aromatic rings. The Hall–Kier alpha value is -2.30. The van der Waals surface area contributed by atoms with Crippen molar-refractivity contribution in [3.05, 3.63) is 42.1 Å². The summed E-state index contributed by atoms with van der Waals surface area (Å²) >= 11 is 0. The van der Waals surface area contributed by atoms with Gasteiger partial charge < -0.3 is 15.5 Å². The van der Waals surface area contributed by atoms with E-state index in [0.29, 0.717) is 12.8 Å². The number of hydrogen-bond donors (Lipinski definition) is 2. The number of pyridine rings is 1. The fourth-order valence-corrected chi connectivity index (χ4v) is 3.10. The Morgan fingerprint density at radius 1 is 1.14 bits per heavy atom. The van der Waals surface area contributed by atoms with Crippen LogP contribution < -0.4 is 15.5 Å². The Morgan fingerprint density at radius 3 is 2.86 bits per heavy atom. The molecule has 4 nitrogen and oxygen atoms in total. The first-order valence-corrected chi connectivity index (χ1v) is 7.77. The number of rotatable bonds is 1. The van der Waals surface area contributed by atoms with Crippen molar-refractivity contribution in [3.8, 4) is 0 Å². The molecule has 0 unspecified atom stereocenters. The highest BCUT2D eigenvalue weighted by molar-refractivity contribution is 5.79. The van der Waals surface area contributed by atoms with E-state index in [9.17, 15) is 4.39 Å². The van der Waals surface area contributed by atoms with Crippen molar-refractivity contribution < 1.29 is 4.39 Å². The summed E-state index contributed by atoms with van der Waals surface area (Å²) in [5, 5.41) is 6.85. The van der Waals surface area contributed by atoms with Crippen LogP contribution in [0.2, 0.25) is 0 Å². The smallest absolute Gasteiger partial charge is 0.135 e. The minimum absolute atomic E-state index is 0.623. The molecule has 1 aromatic heterocycles. The summed E-state index contributed by atoms with van der Waals surface area (Å²) in [4.78, 5) is 6.65. The predicted octanol–water partition coefficient (Wildman–Crippen LogP) is 3.69. The lowest BCUT2D eigenvalue weighted by molar-refractivity contribution is 0.277. The molecule has 0 atom stereocenters. The maximum absolute atomic E-state index is 13.3. The lowest BCUT2D eigenvalue weighted by Gasteiger charge is -2.31. The third-order valence-corrected chi connectivity index (χ3v) is 4.41. The summed E-state index contributed by atoms with van der Waals surface area (Å²) in [7, 11) is 0. The van der Waals surface area contributed by atoms with Gasteiger partial charge in [0.05, 0.1) is 11.4 Å². The molecule has 114 valence electrons. The molecular weight excluding hydrogens is 279 g/mol. The molecule has 0 spiro atoms. The van der Waals surface area contributed by atoms with Crippen molar-refractivity contribution in [2.45, 2.75) is 25.6 Å². The molecule has 0 saturated carbocycles. The van der Waals surface area contributed by atoms with Crippen LogP contribution in [-0.2, 0) is 6.54 Å². The van der Waals surface area contributed by atoms with Gasteiger partial charge >= 0.3 is 0 Å². The van der Waals surface area contributed by atoms with Crippen LogP contribution in [0.4, 0.5) is 27.3 Å². The van der Waals surface area contributed by atoms with E-state index < -0.39 is 6.17 Å². The fraction of sp³-hybridized carbons (Fsp3) is 0.353. The van der Waals surface area contributed by atoms with Gasteiger partial charge in [-0.2, -0.15) is 0 Å². The average molecular weight is 298 g/mol. The van der Waals surface area contributed by atoms with Gasteiger partial charge in [0.1, 0.15) is 12.0 Å². The zero-order chi connectivity index (χ0) is 14.9. The van der Waals surface area contributed by atoms with Crippen LogP contribution in [0.15, 0.2) is 36.5 Å². The number of fused-ring (bicyclic) bond motifs is 2. The number of nitrogens with zero attached hydrogens (tertiary/aromatic N) is 2. The van der Waals surface area contributed by atoms with Crippen molar-refractivity contribution in [2.75, 3.05) is 28.6 Å². The van der Waals surface area contributed by atoms with Crippen molar-refractivity contribution in [3.63, 3.8) is 0 Å². The van der Waals surface area contributed by atoms with E-state index in [4.69, 9.17) is 0 Å². The molecule has 1 fully saturated rings. The molecule has 3 heterocycles. The van der Waals surface area contributed by atoms with E-state index in [1.165, 1.54) is 0 Å². The molecule has 5 heteroatoms. The third-order valence-electron chi connectivity index (χ3n) is 4.41. The van der Waals surface area contributed by atoms with Crippen LogP contribution >= 0.6 is 0 Å². The van der Waals surface area contributed by atoms with Crippen molar-refractivity contribution in [1.82, 2.24) is 4.98 Å². The Morgan fingerprint density at radius 2 is 2.00 bits per heavy atom. The highest BCUT2D eigenvalue weighted by Gasteiger charge is 2.20. The number of hydrogen-bond acceptors (Lipinski definition) is 4. The molecule has 0 radical (unpaired) electrons. The zero-order valence-corrected chi connectivity index (χ0v) is 12.3. The molecule has 2 aliphatic rings. The van der Waals surface area contributed by atoms with E-state index in [2.05, 4.69) is 44.8 Å². The summed E-state index contributed by atoms with van der Waals surface area (Å²) in [5.74, 6) is 0.903. The number of alkyl halides is 1. The van der Waals surface area contributed by atoms with Gasteiger partial charge in [0.25, 0.3) is 0 Å². The summed E-state index contributed by atoms with van der Waals surface area (Å²) < 4.78 is 13.3. The van der Waals surface area contributed by atoms with E-state index >= 15 is 0 Å². The van der Waals surface area contributed by atoms with E-state index in [1.807, 2.05) is 6.07 Å². The minimum Gasteiger partial charge on any atom is -0.379 e. The highest BCUT2D eigenvalue weighted by atomic mass is 19.1. The molecule has 1 aromatic carbocycles. The number of piperidine rings is 1. The van der Waals surface area contributed by atoms with Gasteiger partial charge in [-0.1, -0.05) is 6.07 Å². The van der Waals surface area contributed by atoms with E-state index in [-0.39, 0.29) is 0 Å². The summed E-state index contributed by atoms with van der Waals surface area (Å²) in [6.07, 6.45) is 2.40. The normalized spacial score (nSPS) is 17.8. The van der Waals surface area contributed by atoms with Gasteiger partial charge in [0.2, 0.25) is 0 Å². The number of nitrogens with one attached hydrogen (secondary N) is 2. The quantitative estimate of drug-likeness (QED) is 0.842. The Labute approximate surface area is 129 Å². The Balaban J connectivity index is 1.60. The van der Waals surface area contributed by atoms with Gasteiger partial charge in [0, 0.05) is 37.1 Å². The summed E-state index contributed by atoms with van der Waals surface area (Å²) in [6, 6.07) is 10.3. The minimum atomic E-state index is -0.641. The van der Waals surface area contributed by atoms with E-state index in [1.54, 1.807) is 6.20 Å². The number of aromatic nitrogens is 1. The molecule has 0 bridgehead atoms. The average Bonchev–Trinajstić information content (AvgIpc) is 2.74. The summed E-state index contributed by atoms with van der Waals surface area (Å²) in [5.41, 5.74) is 4.40. The van der Waals surface area contributed by atoms with Gasteiger partial charge in [-0.3, -0.25) is 0 Å².